The summed E-state index contributed by atoms with van der Waals surface area (Å²) in [6.07, 6.45) is -8.04. The molecule has 2 N–H and O–H groups in total. The fraction of sp³-hybridized carbons (Fsp3) is 0.261. The number of benzene rings is 1. The van der Waals surface area contributed by atoms with Crippen molar-refractivity contribution in [1.29, 1.82) is 0 Å². The Morgan fingerprint density at radius 3 is 2.05 bits per heavy atom. The van der Waals surface area contributed by atoms with Gasteiger partial charge < -0.3 is 10.2 Å². The van der Waals surface area contributed by atoms with Gasteiger partial charge in [0.05, 0.1) is 22.7 Å². The van der Waals surface area contributed by atoms with E-state index in [9.17, 15) is 45.5 Å². The summed E-state index contributed by atoms with van der Waals surface area (Å²) in [4.78, 5) is 57.4. The molecule has 17 heteroatoms. The number of amides is 4. The van der Waals surface area contributed by atoms with Crippen LogP contribution in [0.4, 0.5) is 26.3 Å². The van der Waals surface area contributed by atoms with E-state index in [0.29, 0.717) is 12.1 Å². The van der Waals surface area contributed by atoms with Crippen molar-refractivity contribution in [1.82, 2.24) is 35.3 Å². The Bertz CT molecular complexity index is 1440. The maximum absolute atomic E-state index is 13.2. The summed E-state index contributed by atoms with van der Waals surface area (Å²) in [6.45, 7) is 0.715. The van der Waals surface area contributed by atoms with Gasteiger partial charge in [0.2, 0.25) is 11.8 Å². The molecule has 4 rings (SSSR count). The first-order chi connectivity index (χ1) is 18.6. The average Bonchev–Trinajstić information content (AvgIpc) is 3.37. The number of aromatic nitrogens is 4. The first-order valence-corrected chi connectivity index (χ1v) is 11.2. The topological polar surface area (TPSA) is 139 Å². The Labute approximate surface area is 220 Å². The molecule has 0 radical (unpaired) electrons. The van der Waals surface area contributed by atoms with Crippen molar-refractivity contribution >= 4 is 23.6 Å². The third kappa shape index (κ3) is 6.08. The number of alkyl halides is 6. The molecule has 3 aromatic rings. The Morgan fingerprint density at radius 2 is 1.52 bits per heavy atom. The molecule has 4 amide bonds. The van der Waals surface area contributed by atoms with Crippen LogP contribution in [-0.2, 0) is 21.9 Å². The van der Waals surface area contributed by atoms with Gasteiger partial charge in [-0.1, -0.05) is 0 Å². The molecule has 0 bridgehead atoms. The number of pyridine rings is 1. The lowest BCUT2D eigenvalue weighted by Crippen LogP contribution is -2.53. The van der Waals surface area contributed by atoms with E-state index in [0.717, 1.165) is 22.1 Å². The van der Waals surface area contributed by atoms with Crippen LogP contribution in [0, 0.1) is 0 Å². The molecular weight excluding hydrogens is 552 g/mol. The monoisotopic (exact) mass is 569 g/mol. The molecular formula is C23H17F6N7O4. The smallest absolute Gasteiger partial charge is 0.342 e. The summed E-state index contributed by atoms with van der Waals surface area (Å²) < 4.78 is 80.1. The average molecular weight is 569 g/mol. The van der Waals surface area contributed by atoms with Gasteiger partial charge in [0.15, 0.2) is 11.6 Å². The molecule has 40 heavy (non-hydrogen) atoms. The van der Waals surface area contributed by atoms with Crippen molar-refractivity contribution in [3.8, 4) is 5.82 Å². The van der Waals surface area contributed by atoms with Crippen molar-refractivity contribution in [2.24, 2.45) is 0 Å². The molecule has 1 aliphatic heterocycles. The molecule has 0 unspecified atom stereocenters. The van der Waals surface area contributed by atoms with Gasteiger partial charge in [-0.05, 0) is 37.3 Å². The normalized spacial score (nSPS) is 15.0. The van der Waals surface area contributed by atoms with Crippen molar-refractivity contribution in [3.05, 3.63) is 70.9 Å². The highest BCUT2D eigenvalue weighted by Gasteiger charge is 2.37. The number of carbonyl (C=O) groups is 4. The van der Waals surface area contributed by atoms with Gasteiger partial charge >= 0.3 is 12.4 Å². The zero-order valence-electron chi connectivity index (χ0n) is 20.2. The molecule has 1 aliphatic rings. The summed E-state index contributed by atoms with van der Waals surface area (Å²) in [7, 11) is 0. The van der Waals surface area contributed by atoms with Gasteiger partial charge in [0.1, 0.15) is 19.4 Å². The minimum atomic E-state index is -5.13. The van der Waals surface area contributed by atoms with Crippen molar-refractivity contribution in [2.45, 2.75) is 25.3 Å². The summed E-state index contributed by atoms with van der Waals surface area (Å²) >= 11 is 0. The highest BCUT2D eigenvalue weighted by Crippen LogP contribution is 2.36. The lowest BCUT2D eigenvalue weighted by Gasteiger charge is -2.25. The summed E-state index contributed by atoms with van der Waals surface area (Å²) in [5.41, 5.74) is -4.11. The van der Waals surface area contributed by atoms with E-state index >= 15 is 0 Å². The largest absolute Gasteiger partial charge is 0.416 e. The molecule has 210 valence electrons. The summed E-state index contributed by atoms with van der Waals surface area (Å²) in [5, 5.41) is 8.32. The Balaban J connectivity index is 1.53. The second kappa shape index (κ2) is 10.4. The molecule has 2 aromatic heterocycles. The maximum Gasteiger partial charge on any atom is 0.416 e. The minimum Gasteiger partial charge on any atom is -0.342 e. The van der Waals surface area contributed by atoms with E-state index in [-0.39, 0.29) is 36.4 Å². The summed E-state index contributed by atoms with van der Waals surface area (Å²) in [6, 6.07) is 2.12. The number of hydrogen-bond donors (Lipinski definition) is 2. The van der Waals surface area contributed by atoms with Crippen LogP contribution in [0.5, 0.6) is 0 Å². The first-order valence-electron chi connectivity index (χ1n) is 11.2. The predicted octanol–water partition coefficient (Wildman–Crippen LogP) is 2.29. The number of imide groups is 1. The number of piperazine rings is 1. The molecule has 1 fully saturated rings. The molecule has 11 nitrogen and oxygen atoms in total. The molecule has 3 heterocycles. The van der Waals surface area contributed by atoms with Crippen LogP contribution < -0.4 is 10.6 Å². The fourth-order valence-electron chi connectivity index (χ4n) is 3.75. The number of hydrogen-bond acceptors (Lipinski definition) is 7. The van der Waals surface area contributed by atoms with E-state index in [1.54, 1.807) is 0 Å². The van der Waals surface area contributed by atoms with Crippen LogP contribution in [-0.4, -0.2) is 61.4 Å². The fourth-order valence-corrected chi connectivity index (χ4v) is 3.75. The van der Waals surface area contributed by atoms with Crippen LogP contribution in [0.1, 0.15) is 50.6 Å². The number of rotatable bonds is 5. The zero-order chi connectivity index (χ0) is 29.4. The quantitative estimate of drug-likeness (QED) is 0.355. The summed E-state index contributed by atoms with van der Waals surface area (Å²) in [5.74, 6) is -3.04. The minimum absolute atomic E-state index is 0.0150. The van der Waals surface area contributed by atoms with E-state index < -0.39 is 58.7 Å². The van der Waals surface area contributed by atoms with Gasteiger partial charge in [0.25, 0.3) is 11.8 Å². The maximum atomic E-state index is 13.2. The Hall–Kier alpha value is -4.83. The standard InChI is InChI=1S/C23H17F6N7O4/c1-11(33-20(39)13-4-14(22(24,25)26)6-15(5-13)23(27,28)29)19-31-10-32-36(19)16-3-2-12(7-30-16)21(40)35-8-17(37)34-18(38)9-35/h2-7,10-11H,8-9H2,1H3,(H,33,39)(H,34,37,38)/t11-/m0/s1. The molecule has 0 aliphatic carbocycles. The predicted molar refractivity (Wildman–Crippen MR) is 121 cm³/mol. The third-order valence-corrected chi connectivity index (χ3v) is 5.61. The van der Waals surface area contributed by atoms with E-state index in [1.165, 1.54) is 19.1 Å². The van der Waals surface area contributed by atoms with Crippen molar-refractivity contribution in [2.75, 3.05) is 13.1 Å². The van der Waals surface area contributed by atoms with E-state index in [1.807, 2.05) is 0 Å². The van der Waals surface area contributed by atoms with Crippen LogP contribution in [0.2, 0.25) is 0 Å². The second-order valence-corrected chi connectivity index (χ2v) is 8.56. The van der Waals surface area contributed by atoms with E-state index in [4.69, 9.17) is 0 Å². The van der Waals surface area contributed by atoms with Gasteiger partial charge in [-0.3, -0.25) is 24.5 Å². The van der Waals surface area contributed by atoms with Gasteiger partial charge in [0, 0.05) is 11.8 Å². The lowest BCUT2D eigenvalue weighted by molar-refractivity contribution is -0.143. The SMILES string of the molecule is C[C@H](NC(=O)c1cc(C(F)(F)F)cc(C(F)(F)F)c1)c1ncnn1-c1ccc(C(=O)N2CC(=O)NC(=O)C2)cn1. The number of nitrogens with one attached hydrogen (secondary N) is 2. The van der Waals surface area contributed by atoms with Gasteiger partial charge in [-0.15, -0.1) is 0 Å². The van der Waals surface area contributed by atoms with Crippen molar-refractivity contribution < 1.29 is 45.5 Å². The lowest BCUT2D eigenvalue weighted by atomic mass is 10.0. The molecule has 0 saturated carbocycles. The van der Waals surface area contributed by atoms with Gasteiger partial charge in [-0.25, -0.2) is 9.97 Å². The number of carbonyl (C=O) groups excluding carboxylic acids is 4. The van der Waals surface area contributed by atoms with Crippen molar-refractivity contribution in [3.63, 3.8) is 0 Å². The van der Waals surface area contributed by atoms with Crippen LogP contribution in [0.3, 0.4) is 0 Å². The second-order valence-electron chi connectivity index (χ2n) is 8.56. The zero-order valence-corrected chi connectivity index (χ0v) is 20.2. The van der Waals surface area contributed by atoms with E-state index in [2.05, 4.69) is 25.7 Å². The van der Waals surface area contributed by atoms with Gasteiger partial charge in [-0.2, -0.15) is 36.1 Å². The Morgan fingerprint density at radius 1 is 0.925 bits per heavy atom. The molecule has 0 spiro atoms. The van der Waals surface area contributed by atoms with Crippen LogP contribution >= 0.6 is 0 Å². The Kier molecular flexibility index (Phi) is 7.32. The molecule has 1 aromatic carbocycles. The van der Waals surface area contributed by atoms with Crippen LogP contribution in [0.25, 0.3) is 5.82 Å². The highest BCUT2D eigenvalue weighted by molar-refractivity contribution is 6.05. The number of nitrogens with zero attached hydrogens (tertiary/aromatic N) is 5. The number of halogens is 6. The third-order valence-electron chi connectivity index (χ3n) is 5.61. The van der Waals surface area contributed by atoms with Crippen LogP contribution in [0.15, 0.2) is 42.9 Å². The first kappa shape index (κ1) is 28.2. The molecule has 1 atom stereocenters. The highest BCUT2D eigenvalue weighted by atomic mass is 19.4. The molecule has 1 saturated heterocycles.